The minimum atomic E-state index is -0.226. The molecule has 21 heavy (non-hydrogen) atoms. The van der Waals surface area contributed by atoms with E-state index in [0.717, 1.165) is 0 Å². The van der Waals surface area contributed by atoms with E-state index in [-0.39, 0.29) is 5.91 Å². The number of methoxy groups -OCH3 is 2. The van der Waals surface area contributed by atoms with Crippen molar-refractivity contribution in [1.82, 2.24) is 0 Å². The van der Waals surface area contributed by atoms with Crippen LogP contribution in [0.1, 0.15) is 10.4 Å². The zero-order valence-corrected chi connectivity index (χ0v) is 12.3. The Kier molecular flexibility index (Phi) is 4.33. The smallest absolute Gasteiger partial charge is 0.260 e. The normalized spacial score (nSPS) is 10.0. The van der Waals surface area contributed by atoms with E-state index >= 15 is 0 Å². The van der Waals surface area contributed by atoms with Crippen LogP contribution in [0.15, 0.2) is 42.5 Å². The first kappa shape index (κ1) is 14.7. The van der Waals surface area contributed by atoms with E-state index < -0.39 is 0 Å². The molecule has 2 aromatic carbocycles. The predicted molar refractivity (Wildman–Crippen MR) is 83.1 cm³/mol. The van der Waals surface area contributed by atoms with Crippen LogP contribution in [0.25, 0.3) is 0 Å². The summed E-state index contributed by atoms with van der Waals surface area (Å²) in [6, 6.07) is 12.4. The molecule has 5 nitrogen and oxygen atoms in total. The van der Waals surface area contributed by atoms with Gasteiger partial charge in [0.15, 0.2) is 0 Å². The van der Waals surface area contributed by atoms with E-state index in [1.54, 1.807) is 38.4 Å². The lowest BCUT2D eigenvalue weighted by Gasteiger charge is -2.21. The topological polar surface area (TPSA) is 64.8 Å². The molecular formula is C16H18N2O3. The van der Waals surface area contributed by atoms with Crippen molar-refractivity contribution in [2.75, 3.05) is 31.9 Å². The number of benzene rings is 2. The van der Waals surface area contributed by atoms with E-state index in [2.05, 4.69) is 0 Å². The number of para-hydroxylation sites is 3. The summed E-state index contributed by atoms with van der Waals surface area (Å²) < 4.78 is 10.4. The Morgan fingerprint density at radius 1 is 1.00 bits per heavy atom. The van der Waals surface area contributed by atoms with Gasteiger partial charge in [-0.2, -0.15) is 0 Å². The number of ether oxygens (including phenoxy) is 2. The Morgan fingerprint density at radius 2 is 1.62 bits per heavy atom. The van der Waals surface area contributed by atoms with Crippen LogP contribution in [-0.4, -0.2) is 27.2 Å². The highest BCUT2D eigenvalue weighted by atomic mass is 16.5. The number of hydrogen-bond acceptors (Lipinski definition) is 4. The summed E-state index contributed by atoms with van der Waals surface area (Å²) in [5.41, 5.74) is 7.37. The fraction of sp³-hybridized carbons (Fsp3) is 0.188. The monoisotopic (exact) mass is 286 g/mol. The largest absolute Gasteiger partial charge is 0.495 e. The lowest BCUT2D eigenvalue weighted by Crippen LogP contribution is -2.27. The fourth-order valence-electron chi connectivity index (χ4n) is 2.11. The van der Waals surface area contributed by atoms with Gasteiger partial charge in [-0.3, -0.25) is 4.79 Å². The lowest BCUT2D eigenvalue weighted by molar-refractivity contribution is 0.0993. The number of carbonyl (C=O) groups excluding carboxylic acids is 1. The van der Waals surface area contributed by atoms with E-state index in [9.17, 15) is 4.79 Å². The molecule has 2 aromatic rings. The molecule has 5 heteroatoms. The average molecular weight is 286 g/mol. The first-order valence-electron chi connectivity index (χ1n) is 6.43. The summed E-state index contributed by atoms with van der Waals surface area (Å²) >= 11 is 0. The van der Waals surface area contributed by atoms with Crippen molar-refractivity contribution >= 4 is 17.3 Å². The Bertz CT molecular complexity index is 656. The molecule has 0 unspecified atom stereocenters. The SMILES string of the molecule is COc1ccccc1N(C)C(=O)c1cccc(OC)c1N. The number of carbonyl (C=O) groups is 1. The summed E-state index contributed by atoms with van der Waals surface area (Å²) in [7, 11) is 4.76. The van der Waals surface area contributed by atoms with Gasteiger partial charge in [-0.25, -0.2) is 0 Å². The molecule has 2 rings (SSSR count). The molecule has 0 saturated carbocycles. The van der Waals surface area contributed by atoms with Crippen molar-refractivity contribution in [3.63, 3.8) is 0 Å². The van der Waals surface area contributed by atoms with Gasteiger partial charge < -0.3 is 20.1 Å². The molecule has 0 fully saturated rings. The molecule has 0 aliphatic heterocycles. The summed E-state index contributed by atoms with van der Waals surface area (Å²) in [5.74, 6) is 0.875. The van der Waals surface area contributed by atoms with Crippen molar-refractivity contribution in [2.24, 2.45) is 0 Å². The van der Waals surface area contributed by atoms with Crippen molar-refractivity contribution in [2.45, 2.75) is 0 Å². The highest BCUT2D eigenvalue weighted by molar-refractivity contribution is 6.10. The Hall–Kier alpha value is -2.69. The molecule has 0 bridgehead atoms. The standard InChI is InChI=1S/C16H18N2O3/c1-18(12-8-4-5-9-13(12)20-2)16(19)11-7-6-10-14(21-3)15(11)17/h4-10H,17H2,1-3H3. The predicted octanol–water partition coefficient (Wildman–Crippen LogP) is 2.56. The molecule has 0 atom stereocenters. The molecule has 0 radical (unpaired) electrons. The molecule has 0 aliphatic carbocycles. The van der Waals surface area contributed by atoms with Gasteiger partial charge in [0, 0.05) is 7.05 Å². The van der Waals surface area contributed by atoms with Crippen molar-refractivity contribution in [1.29, 1.82) is 0 Å². The van der Waals surface area contributed by atoms with Crippen molar-refractivity contribution in [3.8, 4) is 11.5 Å². The number of hydrogen-bond donors (Lipinski definition) is 1. The Labute approximate surface area is 123 Å². The molecule has 0 saturated heterocycles. The first-order valence-corrected chi connectivity index (χ1v) is 6.43. The van der Waals surface area contributed by atoms with Gasteiger partial charge in [0.05, 0.1) is 31.2 Å². The quantitative estimate of drug-likeness (QED) is 0.877. The minimum absolute atomic E-state index is 0.226. The molecule has 0 spiro atoms. The third-order valence-electron chi connectivity index (χ3n) is 3.27. The third-order valence-corrected chi connectivity index (χ3v) is 3.27. The van der Waals surface area contributed by atoms with Crippen LogP contribution in [-0.2, 0) is 0 Å². The maximum atomic E-state index is 12.6. The number of amides is 1. The number of nitrogens with two attached hydrogens (primary N) is 1. The highest BCUT2D eigenvalue weighted by Gasteiger charge is 2.20. The van der Waals surface area contributed by atoms with Crippen LogP contribution in [0, 0.1) is 0 Å². The van der Waals surface area contributed by atoms with Gasteiger partial charge >= 0.3 is 0 Å². The molecule has 0 aromatic heterocycles. The van der Waals surface area contributed by atoms with Gasteiger partial charge in [0.2, 0.25) is 0 Å². The van der Waals surface area contributed by atoms with Gasteiger partial charge in [-0.1, -0.05) is 18.2 Å². The minimum Gasteiger partial charge on any atom is -0.495 e. The van der Waals surface area contributed by atoms with Crippen LogP contribution in [0.3, 0.4) is 0 Å². The number of nitrogen functional groups attached to an aromatic ring is 1. The van der Waals surface area contributed by atoms with E-state index in [4.69, 9.17) is 15.2 Å². The second-order valence-electron chi connectivity index (χ2n) is 4.46. The van der Waals surface area contributed by atoms with E-state index in [0.29, 0.717) is 28.4 Å². The van der Waals surface area contributed by atoms with Gasteiger partial charge in [0.25, 0.3) is 5.91 Å². The van der Waals surface area contributed by atoms with Crippen LogP contribution in [0.5, 0.6) is 11.5 Å². The zero-order valence-electron chi connectivity index (χ0n) is 12.3. The summed E-state index contributed by atoms with van der Waals surface area (Å²) in [4.78, 5) is 14.1. The zero-order chi connectivity index (χ0) is 15.4. The maximum Gasteiger partial charge on any atom is 0.260 e. The van der Waals surface area contributed by atoms with Crippen LogP contribution in [0.4, 0.5) is 11.4 Å². The van der Waals surface area contributed by atoms with Crippen LogP contribution in [0.2, 0.25) is 0 Å². The van der Waals surface area contributed by atoms with E-state index in [1.807, 2.05) is 18.2 Å². The molecule has 1 amide bonds. The summed E-state index contributed by atoms with van der Waals surface area (Å²) in [6.07, 6.45) is 0. The number of rotatable bonds is 4. The van der Waals surface area contributed by atoms with Crippen LogP contribution < -0.4 is 20.1 Å². The Balaban J connectivity index is 2.40. The molecule has 0 heterocycles. The number of nitrogens with zero attached hydrogens (tertiary/aromatic N) is 1. The van der Waals surface area contributed by atoms with Gasteiger partial charge in [0.1, 0.15) is 11.5 Å². The second kappa shape index (κ2) is 6.17. The summed E-state index contributed by atoms with van der Waals surface area (Å²) in [6.45, 7) is 0. The van der Waals surface area contributed by atoms with E-state index in [1.165, 1.54) is 12.0 Å². The highest BCUT2D eigenvalue weighted by Crippen LogP contribution is 2.30. The second-order valence-corrected chi connectivity index (χ2v) is 4.46. The molecule has 0 aliphatic rings. The summed E-state index contributed by atoms with van der Waals surface area (Å²) in [5, 5.41) is 0. The molecular weight excluding hydrogens is 268 g/mol. The fourth-order valence-corrected chi connectivity index (χ4v) is 2.11. The van der Waals surface area contributed by atoms with Gasteiger partial charge in [-0.15, -0.1) is 0 Å². The Morgan fingerprint density at radius 3 is 2.29 bits per heavy atom. The molecule has 2 N–H and O–H groups in total. The average Bonchev–Trinajstić information content (AvgIpc) is 2.53. The van der Waals surface area contributed by atoms with Gasteiger partial charge in [-0.05, 0) is 24.3 Å². The maximum absolute atomic E-state index is 12.6. The van der Waals surface area contributed by atoms with Crippen molar-refractivity contribution < 1.29 is 14.3 Å². The lowest BCUT2D eigenvalue weighted by atomic mass is 10.1. The third kappa shape index (κ3) is 2.76. The van der Waals surface area contributed by atoms with Crippen molar-refractivity contribution in [3.05, 3.63) is 48.0 Å². The van der Waals surface area contributed by atoms with Crippen LogP contribution >= 0.6 is 0 Å². The molecule has 110 valence electrons. The first-order chi connectivity index (χ1) is 10.1. The number of anilines is 2.